The van der Waals surface area contributed by atoms with Crippen LogP contribution in [0.3, 0.4) is 0 Å². The number of carboxylic acid groups (broad SMARTS) is 1. The van der Waals surface area contributed by atoms with Crippen LogP contribution in [0.15, 0.2) is 0 Å². The van der Waals surface area contributed by atoms with Crippen molar-refractivity contribution in [2.45, 2.75) is 19.0 Å². The monoisotopic (exact) mass is 218 g/mol. The molecule has 1 rings (SSSR count). The van der Waals surface area contributed by atoms with Crippen molar-refractivity contribution in [2.75, 3.05) is 33.7 Å². The van der Waals surface area contributed by atoms with Crippen molar-refractivity contribution >= 4 is 6.09 Å². The van der Waals surface area contributed by atoms with Gasteiger partial charge in [-0.2, -0.15) is 0 Å². The molecule has 1 atom stereocenters. The standard InChI is InChI=1S/C10H19FN2O2/c1-12(2)7-9(11)8-3-5-13(6-4-8)10(14)15/h8-9H,3-7H2,1-2H3,(H,14,15). The number of carbonyl (C=O) groups is 1. The van der Waals surface area contributed by atoms with E-state index in [1.54, 1.807) is 0 Å². The molecule has 0 aliphatic carbocycles. The Morgan fingerprint density at radius 2 is 2.07 bits per heavy atom. The molecule has 1 aliphatic rings. The second kappa shape index (κ2) is 5.30. The van der Waals surface area contributed by atoms with Gasteiger partial charge >= 0.3 is 6.09 Å². The molecule has 15 heavy (non-hydrogen) atoms. The van der Waals surface area contributed by atoms with E-state index in [-0.39, 0.29) is 5.92 Å². The number of halogens is 1. The van der Waals surface area contributed by atoms with Crippen molar-refractivity contribution in [3.8, 4) is 0 Å². The summed E-state index contributed by atoms with van der Waals surface area (Å²) in [6, 6.07) is 0. The fraction of sp³-hybridized carbons (Fsp3) is 0.900. The number of nitrogens with zero attached hydrogens (tertiary/aromatic N) is 2. The molecule has 0 spiro atoms. The molecule has 1 fully saturated rings. The van der Waals surface area contributed by atoms with E-state index >= 15 is 0 Å². The highest BCUT2D eigenvalue weighted by Gasteiger charge is 2.28. The van der Waals surface area contributed by atoms with Gasteiger partial charge in [0.2, 0.25) is 0 Å². The molecule has 1 heterocycles. The van der Waals surface area contributed by atoms with E-state index < -0.39 is 12.3 Å². The molecule has 1 aliphatic heterocycles. The van der Waals surface area contributed by atoms with E-state index in [1.807, 2.05) is 19.0 Å². The normalized spacial score (nSPS) is 20.7. The van der Waals surface area contributed by atoms with Gasteiger partial charge in [0.05, 0.1) is 0 Å². The molecule has 0 aromatic carbocycles. The molecule has 0 saturated carbocycles. The Hall–Kier alpha value is -0.840. The maximum Gasteiger partial charge on any atom is 0.407 e. The Morgan fingerprint density at radius 1 is 1.53 bits per heavy atom. The van der Waals surface area contributed by atoms with E-state index in [2.05, 4.69) is 0 Å². The van der Waals surface area contributed by atoms with Gasteiger partial charge in [0.15, 0.2) is 0 Å². The van der Waals surface area contributed by atoms with Crippen LogP contribution in [-0.4, -0.2) is 60.9 Å². The fourth-order valence-corrected chi connectivity index (χ4v) is 1.95. The van der Waals surface area contributed by atoms with Gasteiger partial charge in [0.1, 0.15) is 6.17 Å². The summed E-state index contributed by atoms with van der Waals surface area (Å²) in [7, 11) is 3.69. The second-order valence-corrected chi connectivity index (χ2v) is 4.39. The summed E-state index contributed by atoms with van der Waals surface area (Å²) in [5.74, 6) is 0.0167. The van der Waals surface area contributed by atoms with Crippen LogP contribution in [0.1, 0.15) is 12.8 Å². The number of hydrogen-bond acceptors (Lipinski definition) is 2. The molecule has 1 amide bonds. The summed E-state index contributed by atoms with van der Waals surface area (Å²) in [6.45, 7) is 1.36. The number of alkyl halides is 1. The van der Waals surface area contributed by atoms with Crippen LogP contribution >= 0.6 is 0 Å². The van der Waals surface area contributed by atoms with Gasteiger partial charge in [-0.1, -0.05) is 0 Å². The predicted molar refractivity (Wildman–Crippen MR) is 55.8 cm³/mol. The highest BCUT2D eigenvalue weighted by atomic mass is 19.1. The molecule has 1 N–H and O–H groups in total. The quantitative estimate of drug-likeness (QED) is 0.776. The number of likely N-dealkylation sites (tertiary alicyclic amines) is 1. The third kappa shape index (κ3) is 3.66. The zero-order valence-corrected chi connectivity index (χ0v) is 9.32. The minimum absolute atomic E-state index is 0.0167. The van der Waals surface area contributed by atoms with Crippen LogP contribution in [0.2, 0.25) is 0 Å². The van der Waals surface area contributed by atoms with Crippen molar-refractivity contribution < 1.29 is 14.3 Å². The smallest absolute Gasteiger partial charge is 0.407 e. The third-order valence-electron chi connectivity index (χ3n) is 2.86. The number of rotatable bonds is 3. The molecule has 0 radical (unpaired) electrons. The SMILES string of the molecule is CN(C)CC(F)C1CCN(C(=O)O)CC1. The van der Waals surface area contributed by atoms with Gasteiger partial charge in [-0.3, -0.25) is 0 Å². The van der Waals surface area contributed by atoms with E-state index in [1.165, 1.54) is 4.90 Å². The van der Waals surface area contributed by atoms with E-state index in [4.69, 9.17) is 5.11 Å². The Bertz CT molecular complexity index is 215. The molecule has 0 aromatic heterocycles. The third-order valence-corrected chi connectivity index (χ3v) is 2.86. The summed E-state index contributed by atoms with van der Waals surface area (Å²) in [6.07, 6.45) is -0.449. The van der Waals surface area contributed by atoms with Gasteiger partial charge < -0.3 is 14.9 Å². The predicted octanol–water partition coefficient (Wildman–Crippen LogP) is 1.28. The van der Waals surface area contributed by atoms with Crippen LogP contribution in [0.25, 0.3) is 0 Å². The topological polar surface area (TPSA) is 43.8 Å². The number of piperidine rings is 1. The van der Waals surface area contributed by atoms with Gasteiger partial charge in [-0.05, 0) is 32.9 Å². The lowest BCUT2D eigenvalue weighted by molar-refractivity contribution is 0.0911. The first-order valence-corrected chi connectivity index (χ1v) is 5.27. The van der Waals surface area contributed by atoms with Crippen molar-refractivity contribution in [1.29, 1.82) is 0 Å². The lowest BCUT2D eigenvalue weighted by Crippen LogP contribution is -2.41. The molecule has 4 nitrogen and oxygen atoms in total. The molecular formula is C10H19FN2O2. The average Bonchev–Trinajstić information content (AvgIpc) is 2.17. The zero-order valence-electron chi connectivity index (χ0n) is 9.32. The van der Waals surface area contributed by atoms with E-state index in [0.29, 0.717) is 32.5 Å². The first kappa shape index (κ1) is 12.2. The number of amides is 1. The molecular weight excluding hydrogens is 199 g/mol. The molecule has 1 unspecified atom stereocenters. The van der Waals surface area contributed by atoms with Crippen LogP contribution in [-0.2, 0) is 0 Å². The van der Waals surface area contributed by atoms with Crippen molar-refractivity contribution in [3.63, 3.8) is 0 Å². The maximum absolute atomic E-state index is 13.7. The van der Waals surface area contributed by atoms with Gasteiger partial charge in [-0.15, -0.1) is 0 Å². The van der Waals surface area contributed by atoms with E-state index in [0.717, 1.165) is 0 Å². The summed E-state index contributed by atoms with van der Waals surface area (Å²) >= 11 is 0. The fourth-order valence-electron chi connectivity index (χ4n) is 1.95. The van der Waals surface area contributed by atoms with Crippen molar-refractivity contribution in [3.05, 3.63) is 0 Å². The highest BCUT2D eigenvalue weighted by Crippen LogP contribution is 2.23. The van der Waals surface area contributed by atoms with Crippen LogP contribution in [0.4, 0.5) is 9.18 Å². The second-order valence-electron chi connectivity index (χ2n) is 4.39. The molecule has 1 saturated heterocycles. The largest absolute Gasteiger partial charge is 0.465 e. The van der Waals surface area contributed by atoms with Crippen molar-refractivity contribution in [2.24, 2.45) is 5.92 Å². The summed E-state index contributed by atoms with van der Waals surface area (Å²) in [5.41, 5.74) is 0. The van der Waals surface area contributed by atoms with Gasteiger partial charge in [0.25, 0.3) is 0 Å². The Labute approximate surface area is 89.7 Å². The highest BCUT2D eigenvalue weighted by molar-refractivity contribution is 5.64. The molecule has 5 heteroatoms. The number of hydrogen-bond donors (Lipinski definition) is 1. The summed E-state index contributed by atoms with van der Waals surface area (Å²) in [5, 5.41) is 8.73. The first-order valence-electron chi connectivity index (χ1n) is 5.27. The summed E-state index contributed by atoms with van der Waals surface area (Å²) < 4.78 is 13.7. The molecule has 0 aromatic rings. The summed E-state index contributed by atoms with van der Waals surface area (Å²) in [4.78, 5) is 13.8. The Kier molecular flexibility index (Phi) is 4.32. The Morgan fingerprint density at radius 3 is 2.47 bits per heavy atom. The lowest BCUT2D eigenvalue weighted by atomic mass is 9.92. The van der Waals surface area contributed by atoms with E-state index in [9.17, 15) is 9.18 Å². The maximum atomic E-state index is 13.7. The molecule has 0 bridgehead atoms. The van der Waals surface area contributed by atoms with Crippen LogP contribution in [0, 0.1) is 5.92 Å². The van der Waals surface area contributed by atoms with Gasteiger partial charge in [-0.25, -0.2) is 9.18 Å². The van der Waals surface area contributed by atoms with Gasteiger partial charge in [0, 0.05) is 19.6 Å². The van der Waals surface area contributed by atoms with Crippen LogP contribution < -0.4 is 0 Å². The van der Waals surface area contributed by atoms with Crippen LogP contribution in [0.5, 0.6) is 0 Å². The average molecular weight is 218 g/mol. The lowest BCUT2D eigenvalue weighted by Gasteiger charge is -2.32. The Balaban J connectivity index is 2.33. The molecule has 88 valence electrons. The minimum Gasteiger partial charge on any atom is -0.465 e. The minimum atomic E-state index is -0.892. The van der Waals surface area contributed by atoms with Crippen molar-refractivity contribution in [1.82, 2.24) is 9.80 Å². The first-order chi connectivity index (χ1) is 7.00. The zero-order chi connectivity index (χ0) is 11.4.